The fourth-order valence-electron chi connectivity index (χ4n) is 0.809. The lowest BCUT2D eigenvalue weighted by Crippen LogP contribution is -1.57. The molecule has 0 aliphatic carbocycles. The van der Waals surface area contributed by atoms with Gasteiger partial charge in [0, 0.05) is 19.8 Å². The molecule has 0 aromatic carbocycles. The molecule has 0 fully saturated rings. The van der Waals surface area contributed by atoms with Gasteiger partial charge in [0.15, 0.2) is 0 Å². The lowest BCUT2D eigenvalue weighted by Gasteiger charge is -1.81. The molecule has 2 heterocycles. The van der Waals surface area contributed by atoms with Crippen LogP contribution in [0.15, 0.2) is 33.7 Å². The Labute approximate surface area is 76.7 Å². The predicted octanol–water partition coefficient (Wildman–Crippen LogP) is 3.72. The first-order chi connectivity index (χ1) is 5.47. The van der Waals surface area contributed by atoms with Crippen molar-refractivity contribution in [2.45, 2.75) is 0 Å². The van der Waals surface area contributed by atoms with E-state index in [0.717, 1.165) is 0 Å². The first-order valence-corrected chi connectivity index (χ1v) is 5.88. The Bertz CT molecular complexity index is 380. The third kappa shape index (κ3) is 1.61. The van der Waals surface area contributed by atoms with Gasteiger partial charge >= 0.3 is 0 Å². The Balaban J connectivity index is 3.02. The summed E-state index contributed by atoms with van der Waals surface area (Å²) in [7, 11) is 0. The minimum Gasteiger partial charge on any atom is -0.152 e. The minimum absolute atomic E-state index is 1.36. The molecule has 0 amide bonds. The summed E-state index contributed by atoms with van der Waals surface area (Å²) in [6, 6.07) is 4.34. The number of rotatable bonds is 0. The van der Waals surface area contributed by atoms with E-state index in [4.69, 9.17) is 0 Å². The highest BCUT2D eigenvalue weighted by molar-refractivity contribution is 7.14. The second-order valence-corrected chi connectivity index (χ2v) is 4.69. The van der Waals surface area contributed by atoms with Crippen molar-refractivity contribution in [3.63, 3.8) is 0 Å². The van der Waals surface area contributed by atoms with E-state index in [9.17, 15) is 0 Å². The van der Waals surface area contributed by atoms with E-state index in [2.05, 4.69) is 33.7 Å². The Kier molecular flexibility index (Phi) is 2.21. The average molecular weight is 198 g/mol. The molecule has 0 saturated carbocycles. The Morgan fingerprint density at radius 1 is 0.727 bits per heavy atom. The monoisotopic (exact) mass is 198 g/mol. The number of hydrogen-bond donors (Lipinski definition) is 0. The van der Waals surface area contributed by atoms with Gasteiger partial charge in [-0.05, 0) is 22.9 Å². The van der Waals surface area contributed by atoms with E-state index in [1.54, 1.807) is 34.0 Å². The van der Waals surface area contributed by atoms with Crippen molar-refractivity contribution in [1.82, 2.24) is 0 Å². The van der Waals surface area contributed by atoms with Crippen LogP contribution in [0.3, 0.4) is 0 Å². The zero-order valence-corrected chi connectivity index (χ0v) is 8.14. The second-order valence-electron chi connectivity index (χ2n) is 1.98. The molecular weight excluding hydrogens is 192 g/mol. The molecule has 0 aromatic rings. The van der Waals surface area contributed by atoms with Crippen LogP contribution in [0.4, 0.5) is 0 Å². The lowest BCUT2D eigenvalue weighted by atomic mass is 10.6. The van der Waals surface area contributed by atoms with Gasteiger partial charge in [-0.25, -0.2) is 0 Å². The largest absolute Gasteiger partial charge is 0.152 e. The summed E-state index contributed by atoms with van der Waals surface area (Å²) in [6.07, 6.45) is 0. The summed E-state index contributed by atoms with van der Waals surface area (Å²) in [5.41, 5.74) is 0. The van der Waals surface area contributed by atoms with Gasteiger partial charge in [-0.1, -0.05) is 0 Å². The first-order valence-electron chi connectivity index (χ1n) is 3.18. The smallest absolute Gasteiger partial charge is 0.0450 e. The lowest BCUT2D eigenvalue weighted by molar-refractivity contribution is 1.79. The van der Waals surface area contributed by atoms with Crippen LogP contribution in [-0.2, 0) is 0 Å². The number of hydrogen-bond acceptors (Lipinski definition) is 3. The molecule has 2 aliphatic rings. The molecule has 11 heavy (non-hydrogen) atoms. The van der Waals surface area contributed by atoms with E-state index >= 15 is 0 Å². The van der Waals surface area contributed by atoms with Crippen molar-refractivity contribution < 1.29 is 0 Å². The van der Waals surface area contributed by atoms with Gasteiger partial charge in [-0.3, -0.25) is 0 Å². The molecule has 0 radical (unpaired) electrons. The standard InChI is InChI=1S/C8H6S3/c1-3-9-4-2-8-7(1)10-5-6-11-8/h1-6H. The summed E-state index contributed by atoms with van der Waals surface area (Å²) in [4.78, 5) is 0. The summed E-state index contributed by atoms with van der Waals surface area (Å²) in [5, 5.41) is 8.48. The molecule has 0 aromatic heterocycles. The molecule has 3 heteroatoms. The average Bonchev–Trinajstić information content (AvgIpc) is 2.28. The highest BCUT2D eigenvalue weighted by atomic mass is 32.1. The van der Waals surface area contributed by atoms with Gasteiger partial charge in [-0.2, -0.15) is 11.3 Å². The molecular formula is C8H6S3. The Morgan fingerprint density at radius 2 is 1.27 bits per heavy atom. The zero-order chi connectivity index (χ0) is 7.52. The van der Waals surface area contributed by atoms with Crippen molar-refractivity contribution in [3.05, 3.63) is 42.7 Å². The molecule has 56 valence electrons. The van der Waals surface area contributed by atoms with Crippen LogP contribution in [0.25, 0.3) is 0 Å². The molecule has 0 bridgehead atoms. The topological polar surface area (TPSA) is 0 Å². The van der Waals surface area contributed by atoms with Crippen molar-refractivity contribution >= 4 is 34.0 Å². The minimum atomic E-state index is 1.36. The van der Waals surface area contributed by atoms with Gasteiger partial charge in [0.25, 0.3) is 0 Å². The van der Waals surface area contributed by atoms with E-state index in [-0.39, 0.29) is 0 Å². The molecule has 2 aliphatic heterocycles. The van der Waals surface area contributed by atoms with E-state index in [1.807, 2.05) is 0 Å². The highest BCUT2D eigenvalue weighted by Gasteiger charge is 1.81. The van der Waals surface area contributed by atoms with E-state index in [0.29, 0.717) is 0 Å². The van der Waals surface area contributed by atoms with Crippen LogP contribution in [0.1, 0.15) is 0 Å². The van der Waals surface area contributed by atoms with Crippen LogP contribution in [-0.4, -0.2) is 0 Å². The molecule has 0 unspecified atom stereocenters. The summed E-state index contributed by atoms with van der Waals surface area (Å²) in [5.74, 6) is 0. The predicted molar refractivity (Wildman–Crippen MR) is 53.0 cm³/mol. The molecule has 0 spiro atoms. The fraction of sp³-hybridized carbons (Fsp3) is 0. The van der Waals surface area contributed by atoms with Crippen LogP contribution >= 0.6 is 34.0 Å². The third-order valence-electron chi connectivity index (χ3n) is 1.28. The highest BCUT2D eigenvalue weighted by Crippen LogP contribution is 2.09. The van der Waals surface area contributed by atoms with E-state index in [1.165, 1.54) is 9.06 Å². The maximum atomic E-state index is 2.17. The van der Waals surface area contributed by atoms with Crippen molar-refractivity contribution in [1.29, 1.82) is 0 Å². The first kappa shape index (κ1) is 7.28. The molecule has 0 atom stereocenters. The summed E-state index contributed by atoms with van der Waals surface area (Å²) >= 11 is 5.30. The van der Waals surface area contributed by atoms with Gasteiger partial charge in [0.05, 0.1) is 0 Å². The van der Waals surface area contributed by atoms with E-state index < -0.39 is 0 Å². The summed E-state index contributed by atoms with van der Waals surface area (Å²) in [6.45, 7) is 0. The van der Waals surface area contributed by atoms with Gasteiger partial charge in [0.2, 0.25) is 0 Å². The van der Waals surface area contributed by atoms with Crippen LogP contribution < -0.4 is 0 Å². The Hall–Kier alpha value is -0.380. The molecule has 0 nitrogen and oxygen atoms in total. The van der Waals surface area contributed by atoms with Gasteiger partial charge in [-0.15, -0.1) is 22.7 Å². The van der Waals surface area contributed by atoms with Gasteiger partial charge < -0.3 is 0 Å². The molecule has 0 saturated heterocycles. The maximum absolute atomic E-state index is 2.17. The van der Waals surface area contributed by atoms with Crippen LogP contribution in [0, 0.1) is 9.06 Å². The second kappa shape index (κ2) is 3.34. The van der Waals surface area contributed by atoms with Crippen molar-refractivity contribution in [3.8, 4) is 0 Å². The Morgan fingerprint density at radius 3 is 1.82 bits per heavy atom. The van der Waals surface area contributed by atoms with Crippen LogP contribution in [0.5, 0.6) is 0 Å². The maximum Gasteiger partial charge on any atom is 0.0450 e. The third-order valence-corrected chi connectivity index (χ3v) is 3.94. The zero-order valence-electron chi connectivity index (χ0n) is 5.69. The molecule has 0 N–H and O–H groups in total. The van der Waals surface area contributed by atoms with Gasteiger partial charge in [0.1, 0.15) is 0 Å². The normalized spacial score (nSPS) is 9.82. The van der Waals surface area contributed by atoms with Crippen molar-refractivity contribution in [2.75, 3.05) is 0 Å². The summed E-state index contributed by atoms with van der Waals surface area (Å²) < 4.78 is 2.72. The SMILES string of the molecule is c1cc2sccsc=2ccs1. The van der Waals surface area contributed by atoms with Crippen molar-refractivity contribution in [2.24, 2.45) is 0 Å². The van der Waals surface area contributed by atoms with Crippen LogP contribution in [0.2, 0.25) is 0 Å². The molecule has 2 rings (SSSR count). The quantitative estimate of drug-likeness (QED) is 0.605. The fourth-order valence-corrected chi connectivity index (χ4v) is 3.19.